The lowest BCUT2D eigenvalue weighted by Gasteiger charge is -2.05. The van der Waals surface area contributed by atoms with E-state index in [1.165, 1.54) is 11.8 Å². The van der Waals surface area contributed by atoms with Crippen molar-refractivity contribution in [3.63, 3.8) is 0 Å². The minimum Gasteiger partial charge on any atom is -0.478 e. The van der Waals surface area contributed by atoms with Crippen LogP contribution >= 0.6 is 11.8 Å². The van der Waals surface area contributed by atoms with E-state index in [0.717, 1.165) is 5.56 Å². The molecule has 110 valence electrons. The topological polar surface area (TPSA) is 135 Å². The number of hydrogen-bond acceptors (Lipinski definition) is 6. The molecule has 0 bridgehead atoms. The normalized spacial score (nSPS) is 10.5. The second-order valence-electron chi connectivity index (χ2n) is 4.27. The fraction of sp³-hybridized carbons (Fsp3) is 0.154. The van der Waals surface area contributed by atoms with Gasteiger partial charge in [0.15, 0.2) is 0 Å². The lowest BCUT2D eigenvalue weighted by Crippen LogP contribution is -2.16. The van der Waals surface area contributed by atoms with E-state index >= 15 is 0 Å². The Morgan fingerprint density at radius 1 is 1.29 bits per heavy atom. The number of carbonyl (C=O) groups is 1. The van der Waals surface area contributed by atoms with Crippen LogP contribution in [0.1, 0.15) is 15.9 Å². The molecule has 0 atom stereocenters. The fourth-order valence-electron chi connectivity index (χ4n) is 1.72. The quantitative estimate of drug-likeness (QED) is 0.604. The van der Waals surface area contributed by atoms with Crippen molar-refractivity contribution < 1.29 is 9.90 Å². The molecule has 0 amide bonds. The molecule has 0 saturated carbocycles. The first-order valence-corrected chi connectivity index (χ1v) is 7.06. The van der Waals surface area contributed by atoms with Crippen molar-refractivity contribution in [3.8, 4) is 0 Å². The Bertz CT molecular complexity index is 712. The molecule has 1 aromatic heterocycles. The summed E-state index contributed by atoms with van der Waals surface area (Å²) in [5.74, 6) is -0.234. The number of nitrogen functional groups attached to an aromatic ring is 2. The van der Waals surface area contributed by atoms with Gasteiger partial charge in [0.05, 0.1) is 5.56 Å². The molecule has 8 heteroatoms. The number of thioether (sulfide) groups is 1. The Hall–Kier alpha value is -2.48. The van der Waals surface area contributed by atoms with Gasteiger partial charge in [-0.3, -0.25) is 9.78 Å². The number of carboxylic acid groups (broad SMARTS) is 1. The van der Waals surface area contributed by atoms with Gasteiger partial charge >= 0.3 is 5.97 Å². The Balaban J connectivity index is 1.99. The van der Waals surface area contributed by atoms with Crippen LogP contribution in [0.25, 0.3) is 0 Å². The average Bonchev–Trinajstić information content (AvgIpc) is 2.42. The minimum atomic E-state index is -0.955. The molecule has 6 N–H and O–H groups in total. The number of rotatable bonds is 5. The molecule has 2 rings (SSSR count). The van der Waals surface area contributed by atoms with Crippen molar-refractivity contribution in [2.45, 2.75) is 11.3 Å². The fourth-order valence-corrected chi connectivity index (χ4v) is 2.64. The number of aromatic nitrogens is 2. The molecule has 1 heterocycles. The monoisotopic (exact) mass is 306 g/mol. The highest BCUT2D eigenvalue weighted by molar-refractivity contribution is 7.99. The number of anilines is 2. The summed E-state index contributed by atoms with van der Waals surface area (Å²) in [5.41, 5.74) is 11.9. The molecular formula is C13H14N4O3S. The number of aromatic carboxylic acids is 1. The standard InChI is InChI=1S/C13H14N4O3S/c14-10-9(11(18)17-13(15)16-10)21-6-5-7-1-3-8(4-2-7)12(19)20/h1-4H,5-6H2,(H,19,20)(H5,14,15,16,17,18). The summed E-state index contributed by atoms with van der Waals surface area (Å²) in [6.45, 7) is 0. The van der Waals surface area contributed by atoms with Crippen molar-refractivity contribution >= 4 is 29.5 Å². The number of aryl methyl sites for hydroxylation is 1. The molecule has 0 fully saturated rings. The van der Waals surface area contributed by atoms with Crippen LogP contribution in [0.5, 0.6) is 0 Å². The van der Waals surface area contributed by atoms with E-state index in [9.17, 15) is 9.59 Å². The highest BCUT2D eigenvalue weighted by Gasteiger charge is 2.08. The first-order valence-electron chi connectivity index (χ1n) is 6.07. The third kappa shape index (κ3) is 3.76. The Morgan fingerprint density at radius 3 is 2.52 bits per heavy atom. The summed E-state index contributed by atoms with van der Waals surface area (Å²) in [4.78, 5) is 29.0. The third-order valence-electron chi connectivity index (χ3n) is 2.76. The molecule has 1 aromatic carbocycles. The molecule has 0 aliphatic heterocycles. The number of nitrogens with two attached hydrogens (primary N) is 2. The van der Waals surface area contributed by atoms with Crippen LogP contribution < -0.4 is 17.0 Å². The van der Waals surface area contributed by atoms with Crippen molar-refractivity contribution in [1.29, 1.82) is 0 Å². The van der Waals surface area contributed by atoms with Crippen molar-refractivity contribution in [1.82, 2.24) is 9.97 Å². The predicted molar refractivity (Wildman–Crippen MR) is 81.5 cm³/mol. The van der Waals surface area contributed by atoms with Crippen LogP contribution in [0.3, 0.4) is 0 Å². The van der Waals surface area contributed by atoms with Crippen LogP contribution in [0.4, 0.5) is 11.8 Å². The van der Waals surface area contributed by atoms with Gasteiger partial charge in [0.25, 0.3) is 5.56 Å². The van der Waals surface area contributed by atoms with Crippen molar-refractivity contribution in [3.05, 3.63) is 45.7 Å². The van der Waals surface area contributed by atoms with Gasteiger partial charge in [-0.25, -0.2) is 4.79 Å². The van der Waals surface area contributed by atoms with Crippen LogP contribution in [0.15, 0.2) is 34.0 Å². The molecule has 7 nitrogen and oxygen atoms in total. The van der Waals surface area contributed by atoms with Crippen LogP contribution in [0, 0.1) is 0 Å². The number of carboxylic acids is 1. The minimum absolute atomic E-state index is 0.00823. The van der Waals surface area contributed by atoms with Crippen LogP contribution in [-0.4, -0.2) is 26.8 Å². The summed E-state index contributed by atoms with van der Waals surface area (Å²) in [6.07, 6.45) is 0.674. The molecular weight excluding hydrogens is 292 g/mol. The molecule has 0 radical (unpaired) electrons. The number of nitrogens with zero attached hydrogens (tertiary/aromatic N) is 1. The van der Waals surface area contributed by atoms with E-state index in [1.807, 2.05) is 0 Å². The van der Waals surface area contributed by atoms with Gasteiger partial charge in [-0.15, -0.1) is 11.8 Å². The Morgan fingerprint density at radius 2 is 1.95 bits per heavy atom. The third-order valence-corrected chi connectivity index (χ3v) is 3.85. The molecule has 0 aliphatic carbocycles. The maximum Gasteiger partial charge on any atom is 0.335 e. The van der Waals surface area contributed by atoms with Gasteiger partial charge in [0.2, 0.25) is 5.95 Å². The van der Waals surface area contributed by atoms with Gasteiger partial charge in [0, 0.05) is 5.75 Å². The molecule has 0 spiro atoms. The summed E-state index contributed by atoms with van der Waals surface area (Å²) in [7, 11) is 0. The largest absolute Gasteiger partial charge is 0.478 e. The van der Waals surface area contributed by atoms with E-state index in [4.69, 9.17) is 16.6 Å². The second kappa shape index (κ2) is 6.31. The van der Waals surface area contributed by atoms with Gasteiger partial charge in [0.1, 0.15) is 10.7 Å². The summed E-state index contributed by atoms with van der Waals surface area (Å²) < 4.78 is 0. The zero-order chi connectivity index (χ0) is 15.4. The van der Waals surface area contributed by atoms with Gasteiger partial charge in [-0.2, -0.15) is 4.98 Å². The highest BCUT2D eigenvalue weighted by Crippen LogP contribution is 2.20. The zero-order valence-electron chi connectivity index (χ0n) is 11.0. The Labute approximate surface area is 124 Å². The van der Waals surface area contributed by atoms with Crippen molar-refractivity contribution in [2.75, 3.05) is 17.2 Å². The van der Waals surface area contributed by atoms with E-state index < -0.39 is 5.97 Å². The van der Waals surface area contributed by atoms with Gasteiger partial charge < -0.3 is 16.6 Å². The number of hydrogen-bond donors (Lipinski definition) is 4. The second-order valence-corrected chi connectivity index (χ2v) is 5.37. The van der Waals surface area contributed by atoms with E-state index in [0.29, 0.717) is 17.1 Å². The average molecular weight is 306 g/mol. The molecule has 0 saturated heterocycles. The molecule has 21 heavy (non-hydrogen) atoms. The highest BCUT2D eigenvalue weighted by atomic mass is 32.2. The maximum absolute atomic E-state index is 11.7. The first-order chi connectivity index (χ1) is 9.97. The molecule has 2 aromatic rings. The SMILES string of the molecule is Nc1nc(N)c(SCCc2ccc(C(=O)O)cc2)c(=O)[nH]1. The predicted octanol–water partition coefficient (Wildman–Crippen LogP) is 0.967. The van der Waals surface area contributed by atoms with E-state index in [-0.39, 0.29) is 22.9 Å². The van der Waals surface area contributed by atoms with E-state index in [1.54, 1.807) is 24.3 Å². The number of aromatic amines is 1. The summed E-state index contributed by atoms with van der Waals surface area (Å²) in [5, 5.41) is 8.81. The van der Waals surface area contributed by atoms with Crippen molar-refractivity contribution in [2.24, 2.45) is 0 Å². The zero-order valence-corrected chi connectivity index (χ0v) is 11.8. The summed E-state index contributed by atoms with van der Waals surface area (Å²) in [6, 6.07) is 6.60. The summed E-state index contributed by atoms with van der Waals surface area (Å²) >= 11 is 1.28. The Kier molecular flexibility index (Phi) is 4.49. The van der Waals surface area contributed by atoms with Gasteiger partial charge in [-0.05, 0) is 24.1 Å². The number of nitrogens with one attached hydrogen (secondary N) is 1. The maximum atomic E-state index is 11.7. The lowest BCUT2D eigenvalue weighted by atomic mass is 10.1. The smallest absolute Gasteiger partial charge is 0.335 e. The number of benzene rings is 1. The number of H-pyrrole nitrogens is 1. The van der Waals surface area contributed by atoms with Crippen LogP contribution in [0.2, 0.25) is 0 Å². The van der Waals surface area contributed by atoms with Crippen LogP contribution in [-0.2, 0) is 6.42 Å². The van der Waals surface area contributed by atoms with E-state index in [2.05, 4.69) is 9.97 Å². The molecule has 0 unspecified atom stereocenters. The lowest BCUT2D eigenvalue weighted by molar-refractivity contribution is 0.0697. The van der Waals surface area contributed by atoms with Gasteiger partial charge in [-0.1, -0.05) is 12.1 Å². The first kappa shape index (κ1) is 14.9. The molecule has 0 aliphatic rings.